The van der Waals surface area contributed by atoms with Crippen LogP contribution in [-0.2, 0) is 11.3 Å². The Kier molecular flexibility index (Phi) is 5.55. The number of methoxy groups -OCH3 is 1. The van der Waals surface area contributed by atoms with Crippen LogP contribution in [0.1, 0.15) is 29.9 Å². The zero-order chi connectivity index (χ0) is 22.8. The molecule has 0 saturated heterocycles. The van der Waals surface area contributed by atoms with Gasteiger partial charge < -0.3 is 24.5 Å². The molecule has 1 aliphatic rings. The third kappa shape index (κ3) is 4.00. The van der Waals surface area contributed by atoms with Crippen LogP contribution in [0.5, 0.6) is 11.5 Å². The number of benzene rings is 2. The average molecular weight is 435 g/mol. The largest absolute Gasteiger partial charge is 0.504 e. The van der Waals surface area contributed by atoms with Gasteiger partial charge in [0, 0.05) is 11.9 Å². The van der Waals surface area contributed by atoms with Gasteiger partial charge >= 0.3 is 5.88 Å². The molecule has 0 radical (unpaired) electrons. The van der Waals surface area contributed by atoms with Crippen molar-refractivity contribution in [1.29, 1.82) is 0 Å². The summed E-state index contributed by atoms with van der Waals surface area (Å²) >= 11 is 0. The van der Waals surface area contributed by atoms with Gasteiger partial charge in [0.15, 0.2) is 11.5 Å². The number of furan rings is 1. The highest BCUT2D eigenvalue weighted by Gasteiger charge is 2.30. The number of carbonyl (C=O) groups excluding carboxylic acids is 1. The highest BCUT2D eigenvalue weighted by atomic mass is 16.6. The molecule has 0 aliphatic carbocycles. The minimum atomic E-state index is -0.597. The molecule has 0 fully saturated rings. The number of nitrogens with zero attached hydrogens (tertiary/aromatic N) is 2. The van der Waals surface area contributed by atoms with Crippen LogP contribution in [0.4, 0.5) is 11.6 Å². The number of nitrogens with one attached hydrogen (secondary N) is 1. The zero-order valence-electron chi connectivity index (χ0n) is 17.4. The molecule has 1 aromatic heterocycles. The van der Waals surface area contributed by atoms with Crippen LogP contribution >= 0.6 is 0 Å². The quantitative estimate of drug-likeness (QED) is 0.433. The lowest BCUT2D eigenvalue weighted by molar-refractivity contribution is -0.402. The summed E-state index contributed by atoms with van der Waals surface area (Å²) in [6.45, 7) is 2.13. The molecule has 3 aromatic rings. The van der Waals surface area contributed by atoms with Gasteiger partial charge in [-0.15, -0.1) is 0 Å². The van der Waals surface area contributed by atoms with E-state index >= 15 is 0 Å². The van der Waals surface area contributed by atoms with Crippen molar-refractivity contribution in [3.05, 3.63) is 87.8 Å². The second-order valence-electron chi connectivity index (χ2n) is 7.32. The van der Waals surface area contributed by atoms with E-state index in [2.05, 4.69) is 5.32 Å². The molecule has 2 heterocycles. The molecule has 1 amide bonds. The van der Waals surface area contributed by atoms with Crippen molar-refractivity contribution in [1.82, 2.24) is 4.90 Å². The Morgan fingerprint density at radius 1 is 1.25 bits per heavy atom. The fraction of sp³-hybridized carbons (Fsp3) is 0.174. The molecule has 0 spiro atoms. The van der Waals surface area contributed by atoms with E-state index in [1.807, 2.05) is 30.0 Å². The van der Waals surface area contributed by atoms with E-state index in [1.165, 1.54) is 25.3 Å². The summed E-state index contributed by atoms with van der Waals surface area (Å²) in [5.41, 5.74) is 2.30. The lowest BCUT2D eigenvalue weighted by Crippen LogP contribution is -2.29. The summed E-state index contributed by atoms with van der Waals surface area (Å²) in [6.07, 6.45) is 1.67. The maximum Gasteiger partial charge on any atom is 0.433 e. The number of anilines is 1. The van der Waals surface area contributed by atoms with Gasteiger partial charge in [-0.05, 0) is 48.4 Å². The monoisotopic (exact) mass is 435 g/mol. The first-order valence-electron chi connectivity index (χ1n) is 9.85. The minimum absolute atomic E-state index is 0.0769. The van der Waals surface area contributed by atoms with Crippen LogP contribution in [0.3, 0.4) is 0 Å². The maximum absolute atomic E-state index is 13.2. The number of nitro groups is 1. The summed E-state index contributed by atoms with van der Waals surface area (Å²) < 4.78 is 10.6. The normalized spacial score (nSPS) is 15.0. The predicted octanol–water partition coefficient (Wildman–Crippen LogP) is 4.46. The van der Waals surface area contributed by atoms with E-state index in [1.54, 1.807) is 24.4 Å². The fourth-order valence-corrected chi connectivity index (χ4v) is 3.67. The number of aromatic hydroxyl groups is 1. The van der Waals surface area contributed by atoms with Gasteiger partial charge in [0.25, 0.3) is 5.91 Å². The first-order valence-corrected chi connectivity index (χ1v) is 9.85. The number of amides is 1. The molecule has 0 saturated carbocycles. The Hall–Kier alpha value is -4.27. The molecule has 9 heteroatoms. The van der Waals surface area contributed by atoms with Crippen molar-refractivity contribution in [2.45, 2.75) is 19.5 Å². The molecule has 2 aromatic carbocycles. The molecular formula is C23H21N3O6. The molecule has 1 unspecified atom stereocenters. The number of para-hydroxylation sites is 1. The predicted molar refractivity (Wildman–Crippen MR) is 117 cm³/mol. The van der Waals surface area contributed by atoms with Crippen molar-refractivity contribution in [3.8, 4) is 11.5 Å². The van der Waals surface area contributed by atoms with Gasteiger partial charge in [-0.2, -0.15) is 0 Å². The number of carbonyl (C=O) groups is 1. The Bertz CT molecular complexity index is 1200. The molecule has 4 rings (SSSR count). The summed E-state index contributed by atoms with van der Waals surface area (Å²) in [6, 6.07) is 14.8. The molecule has 9 nitrogen and oxygen atoms in total. The Morgan fingerprint density at radius 3 is 2.66 bits per heavy atom. The standard InChI is InChI=1S/C23H21N3O6/c1-14-17-11-21(31-2)20(27)10-18(17)19(23(28)24-15-6-4-3-5-7-15)13-25(14)12-16-8-9-22(32-16)26(29)30/h3-11,13-14,27H,12H2,1-2H3,(H,24,28). The van der Waals surface area contributed by atoms with Gasteiger partial charge in [0.2, 0.25) is 0 Å². The third-order valence-corrected chi connectivity index (χ3v) is 5.33. The topological polar surface area (TPSA) is 118 Å². The van der Waals surface area contributed by atoms with Crippen molar-refractivity contribution in [3.63, 3.8) is 0 Å². The van der Waals surface area contributed by atoms with Crippen molar-refractivity contribution in [2.75, 3.05) is 12.4 Å². The van der Waals surface area contributed by atoms with Crippen LogP contribution < -0.4 is 10.1 Å². The summed E-state index contributed by atoms with van der Waals surface area (Å²) in [5.74, 6) is -0.107. The Balaban J connectivity index is 1.73. The minimum Gasteiger partial charge on any atom is -0.504 e. The molecule has 1 atom stereocenters. The van der Waals surface area contributed by atoms with E-state index in [9.17, 15) is 20.0 Å². The van der Waals surface area contributed by atoms with Crippen LogP contribution in [0.2, 0.25) is 0 Å². The average Bonchev–Trinajstić information content (AvgIpc) is 3.25. The van der Waals surface area contributed by atoms with Crippen molar-refractivity contribution < 1.29 is 24.0 Å². The van der Waals surface area contributed by atoms with E-state index in [0.29, 0.717) is 22.6 Å². The molecule has 164 valence electrons. The number of phenols is 1. The number of hydrogen-bond acceptors (Lipinski definition) is 7. The fourth-order valence-electron chi connectivity index (χ4n) is 3.67. The first-order chi connectivity index (χ1) is 15.4. The number of hydrogen-bond donors (Lipinski definition) is 2. The van der Waals surface area contributed by atoms with Crippen LogP contribution in [0.25, 0.3) is 5.57 Å². The maximum atomic E-state index is 13.2. The molecule has 1 aliphatic heterocycles. The van der Waals surface area contributed by atoms with Crippen molar-refractivity contribution in [2.24, 2.45) is 0 Å². The van der Waals surface area contributed by atoms with Gasteiger partial charge in [-0.3, -0.25) is 14.9 Å². The van der Waals surface area contributed by atoms with Crippen LogP contribution in [0, 0.1) is 10.1 Å². The molecule has 0 bridgehead atoms. The summed E-state index contributed by atoms with van der Waals surface area (Å²) in [7, 11) is 1.45. The van der Waals surface area contributed by atoms with Crippen LogP contribution in [0.15, 0.2) is 65.2 Å². The highest BCUT2D eigenvalue weighted by Crippen LogP contribution is 2.41. The molecule has 2 N–H and O–H groups in total. The van der Waals surface area contributed by atoms with E-state index in [0.717, 1.165) is 5.56 Å². The van der Waals surface area contributed by atoms with E-state index in [4.69, 9.17) is 9.15 Å². The smallest absolute Gasteiger partial charge is 0.433 e. The number of fused-ring (bicyclic) bond motifs is 1. The second-order valence-corrected chi connectivity index (χ2v) is 7.32. The SMILES string of the molecule is COc1cc2c(cc1O)C(C(=O)Nc1ccccc1)=CN(Cc1ccc([N+](=O)[O-])o1)C2C. The summed E-state index contributed by atoms with van der Waals surface area (Å²) in [4.78, 5) is 25.4. The number of rotatable bonds is 6. The van der Waals surface area contributed by atoms with Gasteiger partial charge in [-0.1, -0.05) is 18.2 Å². The second kappa shape index (κ2) is 8.46. The van der Waals surface area contributed by atoms with Gasteiger partial charge in [0.05, 0.1) is 31.3 Å². The first kappa shape index (κ1) is 21.0. The summed E-state index contributed by atoms with van der Waals surface area (Å²) in [5, 5.41) is 24.1. The van der Waals surface area contributed by atoms with E-state index < -0.39 is 4.92 Å². The van der Waals surface area contributed by atoms with Gasteiger partial charge in [0.1, 0.15) is 10.7 Å². The van der Waals surface area contributed by atoms with Crippen LogP contribution in [-0.4, -0.2) is 27.9 Å². The lowest BCUT2D eigenvalue weighted by Gasteiger charge is -2.34. The van der Waals surface area contributed by atoms with Crippen molar-refractivity contribution >= 4 is 23.1 Å². The number of phenolic OH excluding ortho intramolecular Hbond substituents is 1. The van der Waals surface area contributed by atoms with Gasteiger partial charge in [-0.25, -0.2) is 0 Å². The highest BCUT2D eigenvalue weighted by molar-refractivity contribution is 6.25. The molecular weight excluding hydrogens is 414 g/mol. The molecule has 32 heavy (non-hydrogen) atoms. The Labute approximate surface area is 183 Å². The third-order valence-electron chi connectivity index (χ3n) is 5.33. The number of ether oxygens (including phenoxy) is 1. The van der Waals surface area contributed by atoms with E-state index in [-0.39, 0.29) is 35.9 Å². The lowest BCUT2D eigenvalue weighted by atomic mass is 9.90. The Morgan fingerprint density at radius 2 is 2.00 bits per heavy atom. The zero-order valence-corrected chi connectivity index (χ0v) is 17.4.